The first-order chi connectivity index (χ1) is 12.7. The molecule has 1 fully saturated rings. The fourth-order valence-electron chi connectivity index (χ4n) is 2.16. The minimum Gasteiger partial charge on any atom is -0.379 e. The third-order valence-electron chi connectivity index (χ3n) is 3.32. The molecule has 27 heavy (non-hydrogen) atoms. The Bertz CT molecular complexity index is 1090. The Morgan fingerprint density at radius 2 is 1.93 bits per heavy atom. The Hall–Kier alpha value is -2.76. The Morgan fingerprint density at radius 1 is 1.19 bits per heavy atom. The highest BCUT2D eigenvalue weighted by atomic mass is 32.2. The lowest BCUT2D eigenvalue weighted by Crippen LogP contribution is -2.17. The molecule has 138 valence electrons. The summed E-state index contributed by atoms with van der Waals surface area (Å²) in [5.74, 6) is -0.331. The first kappa shape index (κ1) is 19.0. The van der Waals surface area contributed by atoms with Crippen molar-refractivity contribution in [3.8, 4) is 5.75 Å². The second kappa shape index (κ2) is 7.47. The summed E-state index contributed by atoms with van der Waals surface area (Å²) in [6, 6.07) is 10.6. The maximum absolute atomic E-state index is 12.4. The Kier molecular flexibility index (Phi) is 5.26. The number of non-ortho nitro benzene ring substituents is 1. The van der Waals surface area contributed by atoms with E-state index in [0.29, 0.717) is 14.8 Å². The van der Waals surface area contributed by atoms with Crippen LogP contribution in [0.1, 0.15) is 5.56 Å². The highest BCUT2D eigenvalue weighted by Crippen LogP contribution is 2.28. The quantitative estimate of drug-likeness (QED) is 0.257. The fraction of sp³-hybridized carbons (Fsp3) is 0. The molecule has 0 spiro atoms. The van der Waals surface area contributed by atoms with Gasteiger partial charge in [-0.2, -0.15) is 8.42 Å². The lowest BCUT2D eigenvalue weighted by atomic mass is 10.2. The molecular formula is C16H10N2O6S3. The molecule has 2 aromatic rings. The van der Waals surface area contributed by atoms with Crippen LogP contribution in [0.5, 0.6) is 5.75 Å². The number of thioether (sulfide) groups is 1. The minimum absolute atomic E-state index is 0.00170. The molecule has 0 radical (unpaired) electrons. The number of nitrogens with zero attached hydrogens (tertiary/aromatic N) is 1. The standard InChI is InChI=1S/C16H10N2O6S3/c19-15-14(26-16(25)17-15)8-10-3-1-5-12(7-10)24-27(22,23)13-6-2-4-11(9-13)18(20)21/h1-9H,(H,17,19,25)/b14-8-. The van der Waals surface area contributed by atoms with Gasteiger partial charge in [-0.15, -0.1) is 0 Å². The molecule has 0 aromatic heterocycles. The number of carbonyl (C=O) groups excluding carboxylic acids is 1. The topological polar surface area (TPSA) is 116 Å². The Balaban J connectivity index is 1.87. The predicted octanol–water partition coefficient (Wildman–Crippen LogP) is 2.85. The Morgan fingerprint density at radius 3 is 2.59 bits per heavy atom. The third-order valence-corrected chi connectivity index (χ3v) is 5.73. The zero-order valence-electron chi connectivity index (χ0n) is 13.3. The largest absolute Gasteiger partial charge is 0.379 e. The van der Waals surface area contributed by atoms with Crippen molar-refractivity contribution in [2.45, 2.75) is 4.90 Å². The van der Waals surface area contributed by atoms with E-state index in [1.54, 1.807) is 18.2 Å². The second-order valence-corrected chi connectivity index (χ2v) is 8.48. The van der Waals surface area contributed by atoms with E-state index in [0.717, 1.165) is 17.8 Å². The van der Waals surface area contributed by atoms with Gasteiger partial charge in [0.2, 0.25) is 0 Å². The molecule has 11 heteroatoms. The van der Waals surface area contributed by atoms with Crippen LogP contribution >= 0.6 is 24.0 Å². The van der Waals surface area contributed by atoms with Crippen LogP contribution in [0.15, 0.2) is 58.3 Å². The number of nitro benzene ring substituents is 1. The third kappa shape index (κ3) is 4.51. The van der Waals surface area contributed by atoms with Crippen molar-refractivity contribution in [3.05, 3.63) is 69.1 Å². The maximum atomic E-state index is 12.4. The van der Waals surface area contributed by atoms with Crippen LogP contribution in [-0.4, -0.2) is 23.6 Å². The lowest BCUT2D eigenvalue weighted by Gasteiger charge is -2.07. The van der Waals surface area contributed by atoms with Crippen molar-refractivity contribution in [3.63, 3.8) is 0 Å². The number of thiocarbonyl (C=S) groups is 1. The molecule has 1 aliphatic heterocycles. The van der Waals surface area contributed by atoms with Crippen molar-refractivity contribution < 1.29 is 22.3 Å². The summed E-state index contributed by atoms with van der Waals surface area (Å²) in [7, 11) is -4.26. The molecule has 0 atom stereocenters. The SMILES string of the molecule is O=C1NC(=S)S/C1=C\c1cccc(OS(=O)(=O)c2cccc([N+](=O)[O-])c2)c1. The summed E-state index contributed by atoms with van der Waals surface area (Å²) in [5.41, 5.74) is 0.169. The average molecular weight is 422 g/mol. The minimum atomic E-state index is -4.26. The number of benzene rings is 2. The van der Waals surface area contributed by atoms with Gasteiger partial charge < -0.3 is 9.50 Å². The van der Waals surface area contributed by atoms with Gasteiger partial charge in [-0.1, -0.05) is 42.2 Å². The van der Waals surface area contributed by atoms with E-state index >= 15 is 0 Å². The van der Waals surface area contributed by atoms with Crippen LogP contribution in [0.4, 0.5) is 5.69 Å². The van der Waals surface area contributed by atoms with Crippen molar-refractivity contribution in [1.82, 2.24) is 5.32 Å². The van der Waals surface area contributed by atoms with Crippen molar-refractivity contribution in [1.29, 1.82) is 0 Å². The van der Waals surface area contributed by atoms with Crippen LogP contribution < -0.4 is 9.50 Å². The second-order valence-electron chi connectivity index (χ2n) is 5.22. The lowest BCUT2D eigenvalue weighted by molar-refractivity contribution is -0.385. The molecule has 1 aliphatic rings. The molecule has 0 aliphatic carbocycles. The van der Waals surface area contributed by atoms with Crippen molar-refractivity contribution in [2.75, 3.05) is 0 Å². The van der Waals surface area contributed by atoms with Crippen molar-refractivity contribution >= 4 is 56.1 Å². The molecule has 8 nitrogen and oxygen atoms in total. The molecule has 1 N–H and O–H groups in total. The number of rotatable bonds is 5. The van der Waals surface area contributed by atoms with Gasteiger partial charge in [-0.05, 0) is 29.8 Å². The zero-order chi connectivity index (χ0) is 19.6. The summed E-state index contributed by atoms with van der Waals surface area (Å²) in [6.45, 7) is 0. The summed E-state index contributed by atoms with van der Waals surface area (Å²) >= 11 is 6.01. The zero-order valence-corrected chi connectivity index (χ0v) is 15.8. The van der Waals surface area contributed by atoms with E-state index in [2.05, 4.69) is 5.32 Å². The van der Waals surface area contributed by atoms with Gasteiger partial charge in [0, 0.05) is 12.1 Å². The van der Waals surface area contributed by atoms with Gasteiger partial charge in [0.1, 0.15) is 15.0 Å². The first-order valence-corrected chi connectivity index (χ1v) is 9.92. The molecule has 0 bridgehead atoms. The number of amides is 1. The number of hydrogen-bond acceptors (Lipinski definition) is 8. The van der Waals surface area contributed by atoms with Gasteiger partial charge in [0.15, 0.2) is 0 Å². The van der Waals surface area contributed by atoms with Gasteiger partial charge in [0.05, 0.1) is 9.83 Å². The first-order valence-electron chi connectivity index (χ1n) is 7.28. The molecule has 2 aromatic carbocycles. The summed E-state index contributed by atoms with van der Waals surface area (Å²) in [5, 5.41) is 13.3. The van der Waals surface area contributed by atoms with Crippen LogP contribution in [0.3, 0.4) is 0 Å². The number of nitrogens with one attached hydrogen (secondary N) is 1. The fourth-order valence-corrected chi connectivity index (χ4v) is 4.16. The molecule has 1 amide bonds. The summed E-state index contributed by atoms with van der Waals surface area (Å²) < 4.78 is 30.2. The van der Waals surface area contributed by atoms with Gasteiger partial charge in [-0.25, -0.2) is 0 Å². The average Bonchev–Trinajstić information content (AvgIpc) is 2.92. The molecule has 0 saturated carbocycles. The van der Waals surface area contributed by atoms with Gasteiger partial charge in [0.25, 0.3) is 11.6 Å². The normalized spacial score (nSPS) is 15.6. The van der Waals surface area contributed by atoms with Gasteiger partial charge in [-0.3, -0.25) is 14.9 Å². The van der Waals surface area contributed by atoms with E-state index < -0.39 is 15.0 Å². The monoisotopic (exact) mass is 422 g/mol. The van der Waals surface area contributed by atoms with Crippen LogP contribution in [0.25, 0.3) is 6.08 Å². The molecule has 1 saturated heterocycles. The van der Waals surface area contributed by atoms with Crippen LogP contribution in [-0.2, 0) is 14.9 Å². The summed E-state index contributed by atoms with van der Waals surface area (Å²) in [6.07, 6.45) is 1.55. The van der Waals surface area contributed by atoms with E-state index in [4.69, 9.17) is 16.4 Å². The molecule has 3 rings (SSSR count). The molecular weight excluding hydrogens is 412 g/mol. The molecule has 0 unspecified atom stereocenters. The highest BCUT2D eigenvalue weighted by molar-refractivity contribution is 8.26. The molecule has 1 heterocycles. The Labute approximate surface area is 163 Å². The smallest absolute Gasteiger partial charge is 0.339 e. The van der Waals surface area contributed by atoms with Gasteiger partial charge >= 0.3 is 10.1 Å². The van der Waals surface area contributed by atoms with E-state index in [-0.39, 0.29) is 22.2 Å². The number of nitro groups is 1. The van der Waals surface area contributed by atoms with Crippen LogP contribution in [0.2, 0.25) is 0 Å². The maximum Gasteiger partial charge on any atom is 0.339 e. The van der Waals surface area contributed by atoms with Crippen LogP contribution in [0, 0.1) is 10.1 Å². The number of carbonyl (C=O) groups is 1. The summed E-state index contributed by atoms with van der Waals surface area (Å²) in [4.78, 5) is 21.9. The predicted molar refractivity (Wildman–Crippen MR) is 104 cm³/mol. The van der Waals surface area contributed by atoms with E-state index in [1.807, 2.05) is 0 Å². The van der Waals surface area contributed by atoms with E-state index in [1.165, 1.54) is 30.3 Å². The van der Waals surface area contributed by atoms with E-state index in [9.17, 15) is 23.3 Å². The highest BCUT2D eigenvalue weighted by Gasteiger charge is 2.23. The number of hydrogen-bond donors (Lipinski definition) is 1. The van der Waals surface area contributed by atoms with Crippen molar-refractivity contribution in [2.24, 2.45) is 0 Å².